The van der Waals surface area contributed by atoms with Gasteiger partial charge in [0, 0.05) is 0 Å². The van der Waals surface area contributed by atoms with Gasteiger partial charge in [-0.25, -0.2) is 0 Å². The number of thiophene rings is 1. The molecule has 7 heteroatoms. The summed E-state index contributed by atoms with van der Waals surface area (Å²) in [6.07, 6.45) is 0. The third-order valence-corrected chi connectivity index (χ3v) is 3.54. The van der Waals surface area contributed by atoms with Gasteiger partial charge in [-0.1, -0.05) is 0 Å². The molecule has 0 spiro atoms. The van der Waals surface area contributed by atoms with Crippen LogP contribution < -0.4 is 0 Å². The van der Waals surface area contributed by atoms with Crippen LogP contribution in [0.5, 0.6) is 0 Å². The quantitative estimate of drug-likeness (QED) is 0.830. The van der Waals surface area contributed by atoms with Gasteiger partial charge in [0.05, 0.1) is 9.35 Å². The normalized spacial score (nSPS) is 14.6. The Morgan fingerprint density at radius 3 is 2.67 bits per heavy atom. The van der Waals surface area contributed by atoms with Crippen LogP contribution in [-0.2, 0) is 4.79 Å². The number of carbonyl (C=O) groups excluding carboxylic acids is 2. The molecule has 0 radical (unpaired) electrons. The molecular formula is C8H4BrNO4S. The molecule has 78 valence electrons. The minimum absolute atomic E-state index is 0.276. The van der Waals surface area contributed by atoms with Crippen molar-refractivity contribution in [1.82, 2.24) is 4.90 Å². The van der Waals surface area contributed by atoms with Gasteiger partial charge in [-0.3, -0.25) is 19.3 Å². The number of fused-ring (bicyclic) bond motifs is 1. The van der Waals surface area contributed by atoms with Gasteiger partial charge in [-0.2, -0.15) is 0 Å². The van der Waals surface area contributed by atoms with Crippen LogP contribution in [0.1, 0.15) is 20.0 Å². The molecule has 0 saturated carbocycles. The van der Waals surface area contributed by atoms with Gasteiger partial charge >= 0.3 is 5.97 Å². The van der Waals surface area contributed by atoms with E-state index >= 15 is 0 Å². The van der Waals surface area contributed by atoms with E-state index in [0.29, 0.717) is 8.66 Å². The Balaban J connectivity index is 2.38. The van der Waals surface area contributed by atoms with Crippen molar-refractivity contribution in [2.45, 2.75) is 0 Å². The first kappa shape index (κ1) is 10.3. The molecule has 1 N–H and O–H groups in total. The maximum absolute atomic E-state index is 11.6. The molecule has 0 aliphatic carbocycles. The van der Waals surface area contributed by atoms with Gasteiger partial charge in [0.15, 0.2) is 0 Å². The van der Waals surface area contributed by atoms with E-state index in [0.717, 1.165) is 16.2 Å². The van der Waals surface area contributed by atoms with E-state index in [1.165, 1.54) is 6.07 Å². The average Bonchev–Trinajstić information content (AvgIpc) is 2.61. The Morgan fingerprint density at radius 2 is 2.13 bits per heavy atom. The molecule has 1 aromatic rings. The van der Waals surface area contributed by atoms with Crippen LogP contribution in [0.25, 0.3) is 0 Å². The number of carboxylic acids is 1. The lowest BCUT2D eigenvalue weighted by atomic mass is 10.3. The summed E-state index contributed by atoms with van der Waals surface area (Å²) in [4.78, 5) is 34.6. The zero-order chi connectivity index (χ0) is 11.2. The summed E-state index contributed by atoms with van der Waals surface area (Å²) < 4.78 is 0.684. The molecule has 0 saturated heterocycles. The van der Waals surface area contributed by atoms with E-state index in [9.17, 15) is 14.4 Å². The standard InChI is InChI=1S/C8H4BrNO4S/c9-4-1-3-6(15-4)8(14)10(7(3)13)2-5(11)12/h1H,2H2,(H,11,12). The number of amides is 2. The lowest BCUT2D eigenvalue weighted by Crippen LogP contribution is -2.34. The number of aliphatic carboxylic acids is 1. The summed E-state index contributed by atoms with van der Waals surface area (Å²) in [5.41, 5.74) is 0.276. The molecule has 0 atom stereocenters. The molecule has 1 aliphatic heterocycles. The predicted octanol–water partition coefficient (Wildman–Crippen LogP) is 1.19. The zero-order valence-electron chi connectivity index (χ0n) is 7.19. The summed E-state index contributed by atoms with van der Waals surface area (Å²) in [7, 11) is 0. The maximum atomic E-state index is 11.6. The van der Waals surface area contributed by atoms with Gasteiger partial charge in [0.25, 0.3) is 11.8 Å². The Labute approximate surface area is 96.4 Å². The number of carboxylic acid groups (broad SMARTS) is 1. The number of hydrogen-bond donors (Lipinski definition) is 1. The second kappa shape index (κ2) is 3.42. The Kier molecular flexibility index (Phi) is 2.35. The fraction of sp³-hybridized carbons (Fsp3) is 0.125. The summed E-state index contributed by atoms with van der Waals surface area (Å²) in [6, 6.07) is 1.53. The lowest BCUT2D eigenvalue weighted by Gasteiger charge is -2.09. The van der Waals surface area contributed by atoms with E-state index in [1.54, 1.807) is 0 Å². The molecule has 0 fully saturated rings. The van der Waals surface area contributed by atoms with Gasteiger partial charge in [-0.05, 0) is 22.0 Å². The van der Waals surface area contributed by atoms with Crippen LogP contribution in [0.15, 0.2) is 9.85 Å². The number of rotatable bonds is 2. The SMILES string of the molecule is O=C(O)CN1C(=O)c2cc(Br)sc2C1=O. The summed E-state index contributed by atoms with van der Waals surface area (Å²) >= 11 is 4.29. The number of hydrogen-bond acceptors (Lipinski definition) is 4. The largest absolute Gasteiger partial charge is 0.480 e. The second-order valence-corrected chi connectivity index (χ2v) is 5.31. The Hall–Kier alpha value is -1.21. The first-order valence-electron chi connectivity index (χ1n) is 3.88. The van der Waals surface area contributed by atoms with Gasteiger partial charge in [0.2, 0.25) is 0 Å². The van der Waals surface area contributed by atoms with Crippen LogP contribution in [0, 0.1) is 0 Å². The number of halogens is 1. The van der Waals surface area contributed by atoms with Crippen LogP contribution in [0.2, 0.25) is 0 Å². The van der Waals surface area contributed by atoms with Crippen molar-refractivity contribution in [3.8, 4) is 0 Å². The minimum atomic E-state index is -1.20. The third-order valence-electron chi connectivity index (χ3n) is 1.91. The van der Waals surface area contributed by atoms with Crippen LogP contribution in [0.3, 0.4) is 0 Å². The topological polar surface area (TPSA) is 74.7 Å². The van der Waals surface area contributed by atoms with Crippen LogP contribution in [-0.4, -0.2) is 34.3 Å². The molecule has 2 amide bonds. The second-order valence-electron chi connectivity index (χ2n) is 2.88. The lowest BCUT2D eigenvalue weighted by molar-refractivity contribution is -0.137. The Bertz CT molecular complexity index is 447. The van der Waals surface area contributed by atoms with Crippen LogP contribution in [0.4, 0.5) is 0 Å². The van der Waals surface area contributed by atoms with E-state index in [-0.39, 0.29) is 5.56 Å². The molecule has 2 rings (SSSR count). The van der Waals surface area contributed by atoms with E-state index in [1.807, 2.05) is 0 Å². The molecule has 0 unspecified atom stereocenters. The van der Waals surface area contributed by atoms with Crippen molar-refractivity contribution in [2.24, 2.45) is 0 Å². The van der Waals surface area contributed by atoms with Gasteiger partial charge < -0.3 is 5.11 Å². The van der Waals surface area contributed by atoms with Crippen molar-refractivity contribution >= 4 is 45.1 Å². The summed E-state index contributed by atoms with van der Waals surface area (Å²) in [5, 5.41) is 8.53. The Morgan fingerprint density at radius 1 is 1.47 bits per heavy atom. The number of nitrogens with zero attached hydrogens (tertiary/aromatic N) is 1. The van der Waals surface area contributed by atoms with Gasteiger partial charge in [0.1, 0.15) is 11.4 Å². The van der Waals surface area contributed by atoms with Crippen molar-refractivity contribution in [3.63, 3.8) is 0 Å². The minimum Gasteiger partial charge on any atom is -0.480 e. The fourth-order valence-corrected chi connectivity index (χ4v) is 2.86. The van der Waals surface area contributed by atoms with Crippen molar-refractivity contribution in [1.29, 1.82) is 0 Å². The van der Waals surface area contributed by atoms with Crippen molar-refractivity contribution < 1.29 is 19.5 Å². The molecule has 1 aliphatic rings. The third kappa shape index (κ3) is 1.57. The fourth-order valence-electron chi connectivity index (χ4n) is 1.32. The predicted molar refractivity (Wildman–Crippen MR) is 55.0 cm³/mol. The van der Waals surface area contributed by atoms with Crippen molar-refractivity contribution in [2.75, 3.05) is 6.54 Å². The van der Waals surface area contributed by atoms with Crippen molar-refractivity contribution in [3.05, 3.63) is 20.3 Å². The monoisotopic (exact) mass is 289 g/mol. The molecule has 0 aromatic carbocycles. The highest BCUT2D eigenvalue weighted by Gasteiger charge is 2.38. The highest BCUT2D eigenvalue weighted by atomic mass is 79.9. The molecule has 0 bridgehead atoms. The first-order chi connectivity index (χ1) is 7.00. The van der Waals surface area contributed by atoms with Crippen LogP contribution >= 0.6 is 27.3 Å². The number of imide groups is 1. The molecule has 15 heavy (non-hydrogen) atoms. The molecular weight excluding hydrogens is 286 g/mol. The summed E-state index contributed by atoms with van der Waals surface area (Å²) in [5.74, 6) is -2.28. The summed E-state index contributed by atoms with van der Waals surface area (Å²) in [6.45, 7) is -0.587. The average molecular weight is 290 g/mol. The highest BCUT2D eigenvalue weighted by molar-refractivity contribution is 9.11. The molecule has 2 heterocycles. The van der Waals surface area contributed by atoms with Gasteiger partial charge in [-0.15, -0.1) is 11.3 Å². The van der Waals surface area contributed by atoms with E-state index < -0.39 is 24.3 Å². The van der Waals surface area contributed by atoms with E-state index in [4.69, 9.17) is 5.11 Å². The first-order valence-corrected chi connectivity index (χ1v) is 5.49. The smallest absolute Gasteiger partial charge is 0.323 e. The number of carbonyl (C=O) groups is 3. The molecule has 5 nitrogen and oxygen atoms in total. The maximum Gasteiger partial charge on any atom is 0.323 e. The van der Waals surface area contributed by atoms with E-state index in [2.05, 4.69) is 15.9 Å². The molecule has 1 aromatic heterocycles. The highest BCUT2D eigenvalue weighted by Crippen LogP contribution is 2.33. The zero-order valence-corrected chi connectivity index (χ0v) is 9.59.